The third-order valence-electron chi connectivity index (χ3n) is 3.52. The number of rotatable bonds is 3. The smallest absolute Gasteiger partial charge is 0.335 e. The Hall–Kier alpha value is -1.33. The van der Waals surface area contributed by atoms with Crippen LogP contribution < -0.4 is 4.90 Å². The van der Waals surface area contributed by atoms with Crippen LogP contribution in [0.2, 0.25) is 5.15 Å². The van der Waals surface area contributed by atoms with E-state index in [0.29, 0.717) is 11.9 Å². The van der Waals surface area contributed by atoms with E-state index in [-0.39, 0.29) is 10.7 Å². The Labute approximate surface area is 117 Å². The van der Waals surface area contributed by atoms with Crippen molar-refractivity contribution >= 4 is 23.4 Å². The highest BCUT2D eigenvalue weighted by molar-refractivity contribution is 6.29. The second-order valence-electron chi connectivity index (χ2n) is 4.77. The van der Waals surface area contributed by atoms with Gasteiger partial charge in [-0.05, 0) is 25.6 Å². The van der Waals surface area contributed by atoms with E-state index in [1.807, 2.05) is 0 Å². The number of piperazine rings is 1. The number of likely N-dealkylation sites (N-methyl/N-ethyl adjacent to an activating group) is 1. The molecule has 1 aromatic heterocycles. The standard InChI is InChI=1S/C13H18ClN3O2/c1-3-16-4-5-17(8-9(16)2)12-7-10(13(18)19)6-11(14)15-12/h6-7,9H,3-5,8H2,1-2H3,(H,18,19). The van der Waals surface area contributed by atoms with Crippen LogP contribution in [0.25, 0.3) is 0 Å². The molecule has 0 aromatic carbocycles. The molecular formula is C13H18ClN3O2. The van der Waals surface area contributed by atoms with Gasteiger partial charge in [0.2, 0.25) is 0 Å². The van der Waals surface area contributed by atoms with Crippen LogP contribution in [0.5, 0.6) is 0 Å². The molecule has 19 heavy (non-hydrogen) atoms. The van der Waals surface area contributed by atoms with Crippen LogP contribution in [0.1, 0.15) is 24.2 Å². The predicted molar refractivity (Wildman–Crippen MR) is 75.1 cm³/mol. The Bertz CT molecular complexity index is 481. The Kier molecular flexibility index (Phi) is 4.27. The van der Waals surface area contributed by atoms with Crippen LogP contribution in [-0.2, 0) is 0 Å². The lowest BCUT2D eigenvalue weighted by Gasteiger charge is -2.40. The summed E-state index contributed by atoms with van der Waals surface area (Å²) in [5.41, 5.74) is 0.181. The van der Waals surface area contributed by atoms with Crippen LogP contribution in [0.15, 0.2) is 12.1 Å². The first kappa shape index (κ1) is 14.1. The Morgan fingerprint density at radius 3 is 2.84 bits per heavy atom. The molecule has 0 aliphatic carbocycles. The van der Waals surface area contributed by atoms with E-state index in [9.17, 15) is 4.79 Å². The maximum atomic E-state index is 11.0. The van der Waals surface area contributed by atoms with Gasteiger partial charge in [-0.15, -0.1) is 0 Å². The SMILES string of the molecule is CCN1CCN(c2cc(C(=O)O)cc(Cl)n2)CC1C. The first-order valence-electron chi connectivity index (χ1n) is 6.41. The molecule has 0 saturated carbocycles. The van der Waals surface area contributed by atoms with Crippen LogP contribution >= 0.6 is 11.6 Å². The number of halogens is 1. The molecule has 0 radical (unpaired) electrons. The molecule has 1 N–H and O–H groups in total. The van der Waals surface area contributed by atoms with E-state index in [0.717, 1.165) is 26.2 Å². The zero-order chi connectivity index (χ0) is 14.0. The van der Waals surface area contributed by atoms with Crippen molar-refractivity contribution in [2.24, 2.45) is 0 Å². The number of carboxylic acid groups (broad SMARTS) is 1. The Morgan fingerprint density at radius 1 is 1.53 bits per heavy atom. The van der Waals surface area contributed by atoms with Crippen molar-refractivity contribution in [2.45, 2.75) is 19.9 Å². The zero-order valence-electron chi connectivity index (χ0n) is 11.1. The fourth-order valence-corrected chi connectivity index (χ4v) is 2.65. The van der Waals surface area contributed by atoms with Gasteiger partial charge >= 0.3 is 5.97 Å². The summed E-state index contributed by atoms with van der Waals surface area (Å²) < 4.78 is 0. The summed E-state index contributed by atoms with van der Waals surface area (Å²) in [7, 11) is 0. The molecule has 1 fully saturated rings. The summed E-state index contributed by atoms with van der Waals surface area (Å²) in [6.07, 6.45) is 0. The Morgan fingerprint density at radius 2 is 2.26 bits per heavy atom. The number of hydrogen-bond donors (Lipinski definition) is 1. The molecule has 6 heteroatoms. The van der Waals surface area contributed by atoms with E-state index in [2.05, 4.69) is 28.6 Å². The number of carbonyl (C=O) groups is 1. The third kappa shape index (κ3) is 3.16. The first-order valence-corrected chi connectivity index (χ1v) is 6.79. The van der Waals surface area contributed by atoms with Crippen molar-refractivity contribution in [2.75, 3.05) is 31.1 Å². The van der Waals surface area contributed by atoms with Crippen LogP contribution in [-0.4, -0.2) is 53.2 Å². The van der Waals surface area contributed by atoms with Gasteiger partial charge in [0.05, 0.1) is 5.56 Å². The van der Waals surface area contributed by atoms with Crippen LogP contribution in [0, 0.1) is 0 Å². The molecule has 0 bridgehead atoms. The average Bonchev–Trinajstić information content (AvgIpc) is 2.37. The van der Waals surface area contributed by atoms with E-state index in [1.165, 1.54) is 6.07 Å². The van der Waals surface area contributed by atoms with Crippen molar-refractivity contribution in [3.63, 3.8) is 0 Å². The third-order valence-corrected chi connectivity index (χ3v) is 3.72. The first-order chi connectivity index (χ1) is 9.01. The van der Waals surface area contributed by atoms with E-state index < -0.39 is 5.97 Å². The summed E-state index contributed by atoms with van der Waals surface area (Å²) >= 11 is 5.89. The number of anilines is 1. The molecule has 1 saturated heterocycles. The Balaban J connectivity index is 2.21. The highest BCUT2D eigenvalue weighted by Gasteiger charge is 2.24. The molecule has 104 valence electrons. The van der Waals surface area contributed by atoms with Crippen molar-refractivity contribution in [3.8, 4) is 0 Å². The second-order valence-corrected chi connectivity index (χ2v) is 5.15. The largest absolute Gasteiger partial charge is 0.478 e. The summed E-state index contributed by atoms with van der Waals surface area (Å²) in [4.78, 5) is 19.8. The van der Waals surface area contributed by atoms with Crippen LogP contribution in [0.3, 0.4) is 0 Å². The van der Waals surface area contributed by atoms with Gasteiger partial charge in [-0.3, -0.25) is 4.90 Å². The minimum absolute atomic E-state index is 0.181. The maximum absolute atomic E-state index is 11.0. The minimum Gasteiger partial charge on any atom is -0.478 e. The summed E-state index contributed by atoms with van der Waals surface area (Å²) in [5.74, 6) is -0.335. The number of aromatic carboxylic acids is 1. The topological polar surface area (TPSA) is 56.7 Å². The summed E-state index contributed by atoms with van der Waals surface area (Å²) in [5, 5.41) is 9.27. The average molecular weight is 284 g/mol. The van der Waals surface area contributed by atoms with Gasteiger partial charge in [-0.2, -0.15) is 0 Å². The van der Waals surface area contributed by atoms with Gasteiger partial charge in [0, 0.05) is 25.7 Å². The molecule has 1 unspecified atom stereocenters. The van der Waals surface area contributed by atoms with Crippen molar-refractivity contribution in [1.82, 2.24) is 9.88 Å². The van der Waals surface area contributed by atoms with E-state index in [4.69, 9.17) is 16.7 Å². The number of nitrogens with zero attached hydrogens (tertiary/aromatic N) is 3. The fraction of sp³-hybridized carbons (Fsp3) is 0.538. The molecule has 1 aliphatic heterocycles. The minimum atomic E-state index is -0.981. The molecule has 5 nitrogen and oxygen atoms in total. The normalized spacial score (nSPS) is 20.6. The maximum Gasteiger partial charge on any atom is 0.335 e. The molecular weight excluding hydrogens is 266 g/mol. The predicted octanol–water partition coefficient (Wildman–Crippen LogP) is 1.96. The molecule has 1 aliphatic rings. The van der Waals surface area contributed by atoms with E-state index >= 15 is 0 Å². The molecule has 0 amide bonds. The molecule has 1 atom stereocenters. The van der Waals surface area contributed by atoms with Gasteiger partial charge in [-0.25, -0.2) is 9.78 Å². The molecule has 0 spiro atoms. The van der Waals surface area contributed by atoms with Crippen molar-refractivity contribution in [3.05, 3.63) is 22.8 Å². The van der Waals surface area contributed by atoms with Gasteiger partial charge < -0.3 is 10.0 Å². The van der Waals surface area contributed by atoms with Crippen LogP contribution in [0.4, 0.5) is 5.82 Å². The van der Waals surface area contributed by atoms with Gasteiger partial charge in [-0.1, -0.05) is 18.5 Å². The number of hydrogen-bond acceptors (Lipinski definition) is 4. The summed E-state index contributed by atoms with van der Waals surface area (Å²) in [6, 6.07) is 3.38. The summed E-state index contributed by atoms with van der Waals surface area (Å²) in [6.45, 7) is 7.96. The van der Waals surface area contributed by atoms with Crippen molar-refractivity contribution < 1.29 is 9.90 Å². The quantitative estimate of drug-likeness (QED) is 0.860. The lowest BCUT2D eigenvalue weighted by molar-refractivity contribution is 0.0697. The van der Waals surface area contributed by atoms with Crippen molar-refractivity contribution in [1.29, 1.82) is 0 Å². The molecule has 2 rings (SSSR count). The number of aromatic nitrogens is 1. The molecule has 2 heterocycles. The lowest BCUT2D eigenvalue weighted by atomic mass is 10.2. The van der Waals surface area contributed by atoms with Gasteiger partial charge in [0.25, 0.3) is 0 Å². The fourth-order valence-electron chi connectivity index (χ4n) is 2.44. The zero-order valence-corrected chi connectivity index (χ0v) is 11.9. The lowest BCUT2D eigenvalue weighted by Crippen LogP contribution is -2.52. The molecule has 1 aromatic rings. The van der Waals surface area contributed by atoms with Gasteiger partial charge in [0.1, 0.15) is 11.0 Å². The highest BCUT2D eigenvalue weighted by atomic mass is 35.5. The van der Waals surface area contributed by atoms with Gasteiger partial charge in [0.15, 0.2) is 0 Å². The number of carboxylic acids is 1. The monoisotopic (exact) mass is 283 g/mol. The number of pyridine rings is 1. The highest BCUT2D eigenvalue weighted by Crippen LogP contribution is 2.21. The van der Waals surface area contributed by atoms with E-state index in [1.54, 1.807) is 6.07 Å². The second kappa shape index (κ2) is 5.75.